The summed E-state index contributed by atoms with van der Waals surface area (Å²) in [6.45, 7) is 0.604. The molecule has 0 aliphatic heterocycles. The van der Waals surface area contributed by atoms with E-state index in [1.807, 2.05) is 0 Å². The van der Waals surface area contributed by atoms with E-state index < -0.39 is 12.0 Å². The van der Waals surface area contributed by atoms with Gasteiger partial charge >= 0.3 is 5.97 Å². The molecule has 0 rings (SSSR count). The second-order valence-electron chi connectivity index (χ2n) is 2.23. The number of halogens is 2. The van der Waals surface area contributed by atoms with Gasteiger partial charge in [0.2, 0.25) is 0 Å². The molecule has 76 valence electrons. The highest BCUT2D eigenvalue weighted by molar-refractivity contribution is 5.85. The number of hydrogen-bond donors (Lipinski definition) is 3. The van der Waals surface area contributed by atoms with Crippen molar-refractivity contribution >= 4 is 30.8 Å². The SMILES string of the molecule is Cl.Cl.NCCCC[C@@H](N)C(=O)O. The van der Waals surface area contributed by atoms with Crippen LogP contribution < -0.4 is 11.5 Å². The summed E-state index contributed by atoms with van der Waals surface area (Å²) in [5, 5.41) is 8.33. The molecule has 0 saturated carbocycles. The van der Waals surface area contributed by atoms with Gasteiger partial charge in [0.15, 0.2) is 0 Å². The van der Waals surface area contributed by atoms with Crippen LogP contribution in [0.2, 0.25) is 0 Å². The van der Waals surface area contributed by atoms with Gasteiger partial charge < -0.3 is 16.6 Å². The molecule has 0 fully saturated rings. The normalized spacial score (nSPS) is 10.8. The summed E-state index contributed by atoms with van der Waals surface area (Å²) in [5.41, 5.74) is 10.4. The van der Waals surface area contributed by atoms with Crippen LogP contribution in [-0.2, 0) is 4.79 Å². The minimum atomic E-state index is -0.933. The zero-order chi connectivity index (χ0) is 7.98. The lowest BCUT2D eigenvalue weighted by Gasteiger charge is -2.03. The van der Waals surface area contributed by atoms with Crippen LogP contribution in [-0.4, -0.2) is 23.7 Å². The molecule has 12 heavy (non-hydrogen) atoms. The smallest absolute Gasteiger partial charge is 0.320 e. The van der Waals surface area contributed by atoms with Gasteiger partial charge in [-0.05, 0) is 19.4 Å². The number of rotatable bonds is 5. The lowest BCUT2D eigenvalue weighted by molar-refractivity contribution is -0.138. The number of carbonyl (C=O) groups is 1. The summed E-state index contributed by atoms with van der Waals surface area (Å²) in [6, 6.07) is -0.716. The Morgan fingerprint density at radius 2 is 1.83 bits per heavy atom. The Kier molecular flexibility index (Phi) is 16.4. The fraction of sp³-hybridized carbons (Fsp3) is 0.833. The van der Waals surface area contributed by atoms with Crippen LogP contribution >= 0.6 is 24.8 Å². The van der Waals surface area contributed by atoms with E-state index in [0.717, 1.165) is 12.8 Å². The van der Waals surface area contributed by atoms with E-state index in [1.165, 1.54) is 0 Å². The first kappa shape index (κ1) is 17.9. The average molecular weight is 219 g/mol. The highest BCUT2D eigenvalue weighted by Crippen LogP contribution is 1.96. The fourth-order valence-electron chi connectivity index (χ4n) is 0.632. The van der Waals surface area contributed by atoms with E-state index in [9.17, 15) is 4.79 Å². The molecule has 0 saturated heterocycles. The third-order valence-electron chi connectivity index (χ3n) is 1.29. The van der Waals surface area contributed by atoms with E-state index in [2.05, 4.69) is 0 Å². The number of carboxylic acid groups (broad SMARTS) is 1. The Morgan fingerprint density at radius 1 is 1.33 bits per heavy atom. The molecular formula is C6H16Cl2N2O2. The van der Waals surface area contributed by atoms with Crippen LogP contribution in [0.1, 0.15) is 19.3 Å². The summed E-state index contributed by atoms with van der Waals surface area (Å²) >= 11 is 0. The van der Waals surface area contributed by atoms with E-state index in [1.54, 1.807) is 0 Å². The van der Waals surface area contributed by atoms with Crippen LogP contribution in [0.3, 0.4) is 0 Å². The quantitative estimate of drug-likeness (QED) is 0.583. The highest BCUT2D eigenvalue weighted by Gasteiger charge is 2.09. The maximum absolute atomic E-state index is 10.1. The third-order valence-corrected chi connectivity index (χ3v) is 1.29. The number of aliphatic carboxylic acids is 1. The molecule has 6 heteroatoms. The van der Waals surface area contributed by atoms with Gasteiger partial charge in [-0.25, -0.2) is 0 Å². The lowest BCUT2D eigenvalue weighted by atomic mass is 10.1. The molecule has 0 bridgehead atoms. The van der Waals surface area contributed by atoms with Gasteiger partial charge in [0.25, 0.3) is 0 Å². The summed E-state index contributed by atoms with van der Waals surface area (Å²) in [7, 11) is 0. The van der Waals surface area contributed by atoms with Crippen molar-refractivity contribution in [1.82, 2.24) is 0 Å². The van der Waals surface area contributed by atoms with E-state index >= 15 is 0 Å². The minimum Gasteiger partial charge on any atom is -0.480 e. The second kappa shape index (κ2) is 11.0. The molecule has 0 unspecified atom stereocenters. The Bertz CT molecular complexity index is 114. The fourth-order valence-corrected chi connectivity index (χ4v) is 0.632. The van der Waals surface area contributed by atoms with Gasteiger partial charge in [0, 0.05) is 0 Å². The van der Waals surface area contributed by atoms with Crippen molar-refractivity contribution in [3.05, 3.63) is 0 Å². The maximum Gasteiger partial charge on any atom is 0.320 e. The highest BCUT2D eigenvalue weighted by atomic mass is 35.5. The van der Waals surface area contributed by atoms with E-state index in [4.69, 9.17) is 16.6 Å². The largest absolute Gasteiger partial charge is 0.480 e. The Labute approximate surface area is 84.5 Å². The predicted octanol–water partition coefficient (Wildman–Crippen LogP) is 0.371. The lowest BCUT2D eigenvalue weighted by Crippen LogP contribution is -2.29. The topological polar surface area (TPSA) is 89.3 Å². The van der Waals surface area contributed by atoms with Crippen molar-refractivity contribution in [3.8, 4) is 0 Å². The van der Waals surface area contributed by atoms with Gasteiger partial charge in [-0.1, -0.05) is 6.42 Å². The van der Waals surface area contributed by atoms with Crippen molar-refractivity contribution in [2.45, 2.75) is 25.3 Å². The van der Waals surface area contributed by atoms with Gasteiger partial charge in [0.05, 0.1) is 0 Å². The zero-order valence-corrected chi connectivity index (χ0v) is 8.37. The molecule has 0 aliphatic rings. The standard InChI is InChI=1S/C6H14N2O2.2ClH/c7-4-2-1-3-5(8)6(9)10;;/h5H,1-4,7-8H2,(H,9,10);2*1H/t5-;;/m1../s1. The number of unbranched alkanes of at least 4 members (excludes halogenated alkanes) is 1. The Balaban J connectivity index is -0.000000405. The van der Waals surface area contributed by atoms with Crippen LogP contribution in [0, 0.1) is 0 Å². The first-order valence-electron chi connectivity index (χ1n) is 3.37. The monoisotopic (exact) mass is 218 g/mol. The molecule has 0 aliphatic carbocycles. The summed E-state index contributed by atoms with van der Waals surface area (Å²) < 4.78 is 0. The van der Waals surface area contributed by atoms with Crippen molar-refractivity contribution in [2.24, 2.45) is 11.5 Å². The van der Waals surface area contributed by atoms with Crippen molar-refractivity contribution < 1.29 is 9.90 Å². The molecule has 0 spiro atoms. The molecule has 1 atom stereocenters. The predicted molar refractivity (Wildman–Crippen MR) is 53.0 cm³/mol. The number of hydrogen-bond acceptors (Lipinski definition) is 3. The van der Waals surface area contributed by atoms with Gasteiger partial charge in [-0.15, -0.1) is 24.8 Å². The van der Waals surface area contributed by atoms with Crippen LogP contribution in [0.25, 0.3) is 0 Å². The third kappa shape index (κ3) is 9.97. The first-order chi connectivity index (χ1) is 4.68. The van der Waals surface area contributed by atoms with E-state index in [-0.39, 0.29) is 24.8 Å². The summed E-state index contributed by atoms with van der Waals surface area (Å²) in [5.74, 6) is -0.933. The maximum atomic E-state index is 10.1. The Morgan fingerprint density at radius 3 is 2.17 bits per heavy atom. The van der Waals surface area contributed by atoms with Crippen LogP contribution in [0.15, 0.2) is 0 Å². The van der Waals surface area contributed by atoms with Crippen molar-refractivity contribution in [1.29, 1.82) is 0 Å². The van der Waals surface area contributed by atoms with Gasteiger partial charge in [-0.3, -0.25) is 4.79 Å². The molecule has 4 nitrogen and oxygen atoms in total. The molecule has 0 aromatic heterocycles. The molecule has 0 aromatic rings. The number of carboxylic acids is 1. The minimum absolute atomic E-state index is 0. The van der Waals surface area contributed by atoms with E-state index in [0.29, 0.717) is 13.0 Å². The zero-order valence-electron chi connectivity index (χ0n) is 6.73. The van der Waals surface area contributed by atoms with Crippen LogP contribution in [0.4, 0.5) is 0 Å². The van der Waals surface area contributed by atoms with Gasteiger partial charge in [0.1, 0.15) is 6.04 Å². The molecular weight excluding hydrogens is 203 g/mol. The van der Waals surface area contributed by atoms with Crippen molar-refractivity contribution in [2.75, 3.05) is 6.54 Å². The van der Waals surface area contributed by atoms with Gasteiger partial charge in [-0.2, -0.15) is 0 Å². The van der Waals surface area contributed by atoms with Crippen LogP contribution in [0.5, 0.6) is 0 Å². The molecule has 0 heterocycles. The molecule has 0 aromatic carbocycles. The first-order valence-corrected chi connectivity index (χ1v) is 3.37. The molecule has 0 amide bonds. The molecule has 5 N–H and O–H groups in total. The molecule has 0 radical (unpaired) electrons. The average Bonchev–Trinajstić information content (AvgIpc) is 1.88. The second-order valence-corrected chi connectivity index (χ2v) is 2.23. The summed E-state index contributed by atoms with van der Waals surface area (Å²) in [6.07, 6.45) is 2.16. The summed E-state index contributed by atoms with van der Waals surface area (Å²) in [4.78, 5) is 10.1. The number of nitrogens with two attached hydrogens (primary N) is 2. The Hall–Kier alpha value is -0.0300. The van der Waals surface area contributed by atoms with Crippen molar-refractivity contribution in [3.63, 3.8) is 0 Å².